The van der Waals surface area contributed by atoms with Crippen LogP contribution < -0.4 is 0 Å². The van der Waals surface area contributed by atoms with Gasteiger partial charge >= 0.3 is 5.97 Å². The van der Waals surface area contributed by atoms with E-state index in [1.807, 2.05) is 6.08 Å². The van der Waals surface area contributed by atoms with Gasteiger partial charge in [0.25, 0.3) is 5.69 Å². The maximum Gasteiger partial charge on any atom is 0.309 e. The van der Waals surface area contributed by atoms with Crippen molar-refractivity contribution < 1.29 is 28.0 Å². The standard InChI is InChI=1S/C31H54N2O7Si2/c1-19(2)41(20(3)4,21(5)6)39-29-16-27(25-14-15-32-18-26(25)33(35)36)38-28(17-30(34)37-13)31(29)40-42(22(7)8,23(9)10)24(11)12/h14-16,18-24,28-29,31H,17H2,1-13H3/t28-,29-,31-/m1/s1. The summed E-state index contributed by atoms with van der Waals surface area (Å²) in [7, 11) is -3.63. The number of rotatable bonds is 14. The maximum absolute atomic E-state index is 12.8. The minimum atomic E-state index is -2.49. The lowest BCUT2D eigenvalue weighted by Gasteiger charge is -2.51. The fraction of sp³-hybridized carbons (Fsp3) is 0.742. The summed E-state index contributed by atoms with van der Waals surface area (Å²) < 4.78 is 26.4. The number of ether oxygens (including phenoxy) is 2. The fourth-order valence-electron chi connectivity index (χ4n) is 7.56. The third-order valence-corrected chi connectivity index (χ3v) is 21.4. The van der Waals surface area contributed by atoms with Gasteiger partial charge in [-0.3, -0.25) is 19.9 Å². The van der Waals surface area contributed by atoms with E-state index in [1.165, 1.54) is 19.5 Å². The van der Waals surface area contributed by atoms with Crippen LogP contribution in [0.4, 0.5) is 5.69 Å². The van der Waals surface area contributed by atoms with Crippen LogP contribution in [-0.2, 0) is 23.1 Å². The predicted octanol–water partition coefficient (Wildman–Crippen LogP) is 8.41. The second-order valence-electron chi connectivity index (χ2n) is 13.4. The van der Waals surface area contributed by atoms with Gasteiger partial charge in [0.05, 0.1) is 30.1 Å². The van der Waals surface area contributed by atoms with Gasteiger partial charge in [0, 0.05) is 6.20 Å². The van der Waals surface area contributed by atoms with Gasteiger partial charge in [-0.2, -0.15) is 0 Å². The molecule has 0 saturated heterocycles. The van der Waals surface area contributed by atoms with E-state index in [0.717, 1.165) is 0 Å². The summed E-state index contributed by atoms with van der Waals surface area (Å²) in [6.07, 6.45) is 2.55. The largest absolute Gasteiger partial charge is 0.486 e. The summed E-state index contributed by atoms with van der Waals surface area (Å²) >= 11 is 0. The van der Waals surface area contributed by atoms with Crippen LogP contribution in [0.3, 0.4) is 0 Å². The van der Waals surface area contributed by atoms with Crippen LogP contribution >= 0.6 is 0 Å². The first-order chi connectivity index (χ1) is 19.5. The van der Waals surface area contributed by atoms with Gasteiger partial charge in [-0.05, 0) is 45.4 Å². The molecule has 3 atom stereocenters. The van der Waals surface area contributed by atoms with Crippen molar-refractivity contribution in [2.24, 2.45) is 0 Å². The Balaban J connectivity index is 2.92. The number of carbonyl (C=O) groups excluding carboxylic acids is 1. The van der Waals surface area contributed by atoms with E-state index < -0.39 is 45.8 Å². The summed E-state index contributed by atoms with van der Waals surface area (Å²) in [5, 5.41) is 12.0. The van der Waals surface area contributed by atoms with Crippen LogP contribution in [0, 0.1) is 10.1 Å². The zero-order valence-electron chi connectivity index (χ0n) is 28.0. The molecule has 0 radical (unpaired) electrons. The summed E-state index contributed by atoms with van der Waals surface area (Å²) in [4.78, 5) is 28.3. The zero-order chi connectivity index (χ0) is 32.2. The van der Waals surface area contributed by atoms with Gasteiger partial charge in [-0.15, -0.1) is 0 Å². The van der Waals surface area contributed by atoms with Crippen LogP contribution in [0.1, 0.15) is 95.1 Å². The molecule has 0 fully saturated rings. The van der Waals surface area contributed by atoms with Crippen LogP contribution in [0.25, 0.3) is 5.76 Å². The van der Waals surface area contributed by atoms with E-state index in [-0.39, 0.29) is 45.4 Å². The molecule has 1 aromatic rings. The molecule has 11 heteroatoms. The highest BCUT2D eigenvalue weighted by Gasteiger charge is 2.54. The van der Waals surface area contributed by atoms with Crippen molar-refractivity contribution in [3.8, 4) is 0 Å². The molecule has 0 aromatic carbocycles. The topological polar surface area (TPSA) is 110 Å². The minimum absolute atomic E-state index is 0.0738. The molecule has 0 spiro atoms. The second-order valence-corrected chi connectivity index (χ2v) is 24.2. The summed E-state index contributed by atoms with van der Waals surface area (Å²) in [5.74, 6) is -0.142. The Labute approximate surface area is 255 Å². The van der Waals surface area contributed by atoms with Gasteiger partial charge in [0.2, 0.25) is 16.6 Å². The Bertz CT molecular complexity index is 1060. The Hall–Kier alpha value is -2.09. The first kappa shape index (κ1) is 36.1. The molecule has 0 bridgehead atoms. The number of pyridine rings is 1. The molecular weight excluding hydrogens is 569 g/mol. The molecule has 9 nitrogen and oxygen atoms in total. The van der Waals surface area contributed by atoms with Gasteiger partial charge in [-0.25, -0.2) is 0 Å². The molecule has 0 aliphatic carbocycles. The summed E-state index contributed by atoms with van der Waals surface area (Å²) in [6.45, 7) is 26.7. The minimum Gasteiger partial charge on any atom is -0.486 e. The molecular formula is C31H54N2O7Si2. The molecule has 1 aliphatic rings. The molecule has 1 aliphatic heterocycles. The predicted molar refractivity (Wildman–Crippen MR) is 172 cm³/mol. The molecule has 1 aromatic heterocycles. The Kier molecular flexibility index (Phi) is 12.5. The molecule has 0 unspecified atom stereocenters. The lowest BCUT2D eigenvalue weighted by molar-refractivity contribution is -0.385. The first-order valence-corrected chi connectivity index (χ1v) is 19.6. The number of methoxy groups -OCH3 is 1. The van der Waals surface area contributed by atoms with Crippen molar-refractivity contribution in [3.63, 3.8) is 0 Å². The van der Waals surface area contributed by atoms with E-state index in [9.17, 15) is 14.9 Å². The van der Waals surface area contributed by atoms with Gasteiger partial charge < -0.3 is 18.3 Å². The highest BCUT2D eigenvalue weighted by Crippen LogP contribution is 2.48. The number of nitro groups is 1. The highest BCUT2D eigenvalue weighted by atomic mass is 28.4. The molecule has 238 valence electrons. The summed E-state index contributed by atoms with van der Waals surface area (Å²) in [6, 6.07) is 1.57. The van der Waals surface area contributed by atoms with Gasteiger partial charge in [-0.1, -0.05) is 83.1 Å². The maximum atomic E-state index is 12.8. The first-order valence-electron chi connectivity index (χ1n) is 15.4. The van der Waals surface area contributed by atoms with Crippen molar-refractivity contribution in [2.75, 3.05) is 7.11 Å². The molecule has 2 rings (SSSR count). The van der Waals surface area contributed by atoms with Crippen LogP contribution in [0.15, 0.2) is 24.5 Å². The molecule has 0 amide bonds. The van der Waals surface area contributed by atoms with Crippen molar-refractivity contribution in [1.29, 1.82) is 0 Å². The number of nitrogens with zero attached hydrogens (tertiary/aromatic N) is 2. The average Bonchev–Trinajstić information content (AvgIpc) is 2.89. The third kappa shape index (κ3) is 7.17. The Morgan fingerprint density at radius 2 is 1.38 bits per heavy atom. The van der Waals surface area contributed by atoms with Gasteiger partial charge in [0.1, 0.15) is 24.2 Å². The quantitative estimate of drug-likeness (QED) is 0.0880. The third-order valence-electron chi connectivity index (χ3n) is 9.24. The second kappa shape index (κ2) is 14.6. The number of hydrogen-bond acceptors (Lipinski definition) is 8. The molecule has 2 heterocycles. The van der Waals surface area contributed by atoms with E-state index in [1.54, 1.807) is 6.07 Å². The molecule has 0 N–H and O–H groups in total. The number of esters is 1. The Morgan fingerprint density at radius 3 is 1.81 bits per heavy atom. The van der Waals surface area contributed by atoms with E-state index in [4.69, 9.17) is 18.3 Å². The van der Waals surface area contributed by atoms with Crippen LogP contribution in [0.5, 0.6) is 0 Å². The normalized spacial score (nSPS) is 20.1. The van der Waals surface area contributed by atoms with E-state index in [2.05, 4.69) is 88.1 Å². The monoisotopic (exact) mass is 622 g/mol. The van der Waals surface area contributed by atoms with E-state index >= 15 is 0 Å². The number of carbonyl (C=O) groups is 1. The number of aromatic nitrogens is 1. The number of hydrogen-bond donors (Lipinski definition) is 0. The lowest BCUT2D eigenvalue weighted by Crippen LogP contribution is -2.60. The van der Waals surface area contributed by atoms with Gasteiger partial charge in [0.15, 0.2) is 0 Å². The van der Waals surface area contributed by atoms with E-state index in [0.29, 0.717) is 11.3 Å². The summed E-state index contributed by atoms with van der Waals surface area (Å²) in [5.41, 5.74) is 1.83. The SMILES string of the molecule is COC(=O)C[C@H]1OC(c2ccncc2[N+](=O)[O-])=C[C@@H](O[Si](C(C)C)(C(C)C)C(C)C)[C@@H]1O[Si](C(C)C)(C(C)C)C(C)C. The smallest absolute Gasteiger partial charge is 0.309 e. The zero-order valence-corrected chi connectivity index (χ0v) is 30.0. The van der Waals surface area contributed by atoms with Crippen LogP contribution in [0.2, 0.25) is 33.2 Å². The average molecular weight is 623 g/mol. The molecule has 42 heavy (non-hydrogen) atoms. The van der Waals surface area contributed by atoms with Crippen molar-refractivity contribution in [3.05, 3.63) is 40.2 Å². The fourth-order valence-corrected chi connectivity index (χ4v) is 18.6. The molecule has 0 saturated carbocycles. The van der Waals surface area contributed by atoms with Crippen molar-refractivity contribution >= 4 is 34.1 Å². The highest BCUT2D eigenvalue weighted by molar-refractivity contribution is 6.78. The lowest BCUT2D eigenvalue weighted by atomic mass is 9.99. The van der Waals surface area contributed by atoms with Crippen molar-refractivity contribution in [2.45, 2.75) is 141 Å². The Morgan fingerprint density at radius 1 is 0.905 bits per heavy atom. The van der Waals surface area contributed by atoms with Crippen molar-refractivity contribution in [1.82, 2.24) is 4.98 Å². The van der Waals surface area contributed by atoms with Crippen LogP contribution in [-0.4, -0.2) is 57.9 Å².